The average molecular weight is 380 g/mol. The molecule has 2 amide bonds. The Morgan fingerprint density at radius 1 is 1.00 bits per heavy atom. The maximum absolute atomic E-state index is 12.6. The molecular weight excluding hydrogens is 352 g/mol. The summed E-state index contributed by atoms with van der Waals surface area (Å²) >= 11 is 0. The Hall–Kier alpha value is -2.82. The lowest BCUT2D eigenvalue weighted by molar-refractivity contribution is -0.140. The van der Waals surface area contributed by atoms with Gasteiger partial charge in [0.25, 0.3) is 5.91 Å². The second kappa shape index (κ2) is 9.40. The van der Waals surface area contributed by atoms with E-state index in [1.54, 1.807) is 23.9 Å². The third kappa shape index (κ3) is 5.12. The average Bonchev–Trinajstić information content (AvgIpc) is 2.73. The summed E-state index contributed by atoms with van der Waals surface area (Å²) in [6.07, 6.45) is 2.20. The minimum atomic E-state index is -0.0229. The van der Waals surface area contributed by atoms with E-state index in [9.17, 15) is 9.59 Å². The topological polar surface area (TPSA) is 49.9 Å². The van der Waals surface area contributed by atoms with Crippen molar-refractivity contribution in [3.63, 3.8) is 0 Å². The SMILES string of the molecule is CN(C)C(=O)C1CCN(C(=O)COc2ccccc2Cc2ccccc2)CC1. The largest absolute Gasteiger partial charge is 0.483 e. The highest BCUT2D eigenvalue weighted by Crippen LogP contribution is 2.22. The molecule has 1 heterocycles. The second-order valence-corrected chi connectivity index (χ2v) is 7.45. The summed E-state index contributed by atoms with van der Waals surface area (Å²) in [5.74, 6) is 0.896. The predicted octanol–water partition coefficient (Wildman–Crippen LogP) is 2.98. The van der Waals surface area contributed by atoms with Gasteiger partial charge in [0.1, 0.15) is 5.75 Å². The first-order valence-electron chi connectivity index (χ1n) is 9.78. The van der Waals surface area contributed by atoms with Crippen molar-refractivity contribution in [3.8, 4) is 5.75 Å². The lowest BCUT2D eigenvalue weighted by Gasteiger charge is -2.32. The van der Waals surface area contributed by atoms with Crippen LogP contribution < -0.4 is 4.74 Å². The van der Waals surface area contributed by atoms with E-state index in [4.69, 9.17) is 4.74 Å². The molecule has 0 radical (unpaired) electrons. The normalized spacial score (nSPS) is 14.6. The van der Waals surface area contributed by atoms with Crippen LogP contribution in [0.5, 0.6) is 5.75 Å². The first-order chi connectivity index (χ1) is 13.5. The molecular formula is C23H28N2O3. The van der Waals surface area contributed by atoms with Crippen molar-refractivity contribution in [2.75, 3.05) is 33.8 Å². The number of carbonyl (C=O) groups excluding carboxylic acids is 2. The van der Waals surface area contributed by atoms with Crippen molar-refractivity contribution in [3.05, 3.63) is 65.7 Å². The van der Waals surface area contributed by atoms with Gasteiger partial charge < -0.3 is 14.5 Å². The van der Waals surface area contributed by atoms with Crippen LogP contribution in [0.4, 0.5) is 0 Å². The van der Waals surface area contributed by atoms with E-state index in [1.807, 2.05) is 42.5 Å². The molecule has 0 atom stereocenters. The summed E-state index contributed by atoms with van der Waals surface area (Å²) in [5.41, 5.74) is 2.27. The maximum Gasteiger partial charge on any atom is 0.260 e. The number of amides is 2. The van der Waals surface area contributed by atoms with Gasteiger partial charge in [0.05, 0.1) is 0 Å². The van der Waals surface area contributed by atoms with Gasteiger partial charge in [-0.3, -0.25) is 9.59 Å². The molecule has 2 aromatic carbocycles. The summed E-state index contributed by atoms with van der Waals surface area (Å²) < 4.78 is 5.87. The van der Waals surface area contributed by atoms with Crippen LogP contribution in [0, 0.1) is 5.92 Å². The van der Waals surface area contributed by atoms with E-state index in [-0.39, 0.29) is 24.3 Å². The lowest BCUT2D eigenvalue weighted by atomic mass is 9.95. The Labute approximate surface area is 166 Å². The van der Waals surface area contributed by atoms with Crippen LogP contribution in [0.2, 0.25) is 0 Å². The van der Waals surface area contributed by atoms with E-state index in [0.29, 0.717) is 25.9 Å². The van der Waals surface area contributed by atoms with E-state index in [2.05, 4.69) is 12.1 Å². The highest BCUT2D eigenvalue weighted by atomic mass is 16.5. The summed E-state index contributed by atoms with van der Waals surface area (Å²) in [5, 5.41) is 0. The Kier molecular flexibility index (Phi) is 6.69. The van der Waals surface area contributed by atoms with Gasteiger partial charge in [-0.15, -0.1) is 0 Å². The fourth-order valence-electron chi connectivity index (χ4n) is 3.58. The van der Waals surface area contributed by atoms with E-state index >= 15 is 0 Å². The minimum Gasteiger partial charge on any atom is -0.483 e. The van der Waals surface area contributed by atoms with Crippen LogP contribution in [-0.4, -0.2) is 55.4 Å². The van der Waals surface area contributed by atoms with Crippen molar-refractivity contribution in [2.45, 2.75) is 19.3 Å². The Balaban J connectivity index is 1.54. The molecule has 1 aliphatic heterocycles. The fourth-order valence-corrected chi connectivity index (χ4v) is 3.58. The number of hydrogen-bond donors (Lipinski definition) is 0. The molecule has 0 aromatic heterocycles. The summed E-state index contributed by atoms with van der Waals surface area (Å²) in [6, 6.07) is 18.1. The van der Waals surface area contributed by atoms with Gasteiger partial charge in [0, 0.05) is 39.5 Å². The predicted molar refractivity (Wildman–Crippen MR) is 109 cm³/mol. The van der Waals surface area contributed by atoms with Gasteiger partial charge in [0.15, 0.2) is 6.61 Å². The molecule has 0 bridgehead atoms. The number of hydrogen-bond acceptors (Lipinski definition) is 3. The first-order valence-corrected chi connectivity index (χ1v) is 9.78. The zero-order valence-electron chi connectivity index (χ0n) is 16.6. The third-order valence-corrected chi connectivity index (χ3v) is 5.20. The number of ether oxygens (including phenoxy) is 1. The van der Waals surface area contributed by atoms with Gasteiger partial charge in [-0.2, -0.15) is 0 Å². The van der Waals surface area contributed by atoms with Gasteiger partial charge in [-0.1, -0.05) is 48.5 Å². The van der Waals surface area contributed by atoms with Crippen molar-refractivity contribution in [2.24, 2.45) is 5.92 Å². The van der Waals surface area contributed by atoms with Gasteiger partial charge in [0.2, 0.25) is 5.91 Å². The number of para-hydroxylation sites is 1. The molecule has 5 nitrogen and oxygen atoms in total. The van der Waals surface area contributed by atoms with Gasteiger partial charge >= 0.3 is 0 Å². The van der Waals surface area contributed by atoms with E-state index in [0.717, 1.165) is 17.7 Å². The van der Waals surface area contributed by atoms with E-state index < -0.39 is 0 Å². The second-order valence-electron chi connectivity index (χ2n) is 7.45. The molecule has 5 heteroatoms. The zero-order valence-corrected chi connectivity index (χ0v) is 16.6. The Morgan fingerprint density at radius 2 is 1.64 bits per heavy atom. The molecule has 0 aliphatic carbocycles. The minimum absolute atomic E-state index is 0.0200. The molecule has 28 heavy (non-hydrogen) atoms. The summed E-state index contributed by atoms with van der Waals surface area (Å²) in [6.45, 7) is 1.24. The number of piperidine rings is 1. The van der Waals surface area contributed by atoms with Crippen LogP contribution >= 0.6 is 0 Å². The lowest BCUT2D eigenvalue weighted by Crippen LogP contribution is -2.44. The molecule has 1 saturated heterocycles. The van der Waals surface area contributed by atoms with Crippen LogP contribution in [0.1, 0.15) is 24.0 Å². The van der Waals surface area contributed by atoms with Crippen molar-refractivity contribution in [1.29, 1.82) is 0 Å². The maximum atomic E-state index is 12.6. The van der Waals surface area contributed by atoms with Gasteiger partial charge in [-0.25, -0.2) is 0 Å². The third-order valence-electron chi connectivity index (χ3n) is 5.20. The van der Waals surface area contributed by atoms with Crippen LogP contribution in [0.15, 0.2) is 54.6 Å². The molecule has 148 valence electrons. The number of nitrogens with zero attached hydrogens (tertiary/aromatic N) is 2. The van der Waals surface area contributed by atoms with Crippen molar-refractivity contribution < 1.29 is 14.3 Å². The number of carbonyl (C=O) groups is 2. The number of benzene rings is 2. The molecule has 2 aromatic rings. The molecule has 0 N–H and O–H groups in total. The highest BCUT2D eigenvalue weighted by Gasteiger charge is 2.28. The standard InChI is InChI=1S/C23H28N2O3/c1-24(2)23(27)19-12-14-25(15-13-19)22(26)17-28-21-11-7-6-10-20(21)16-18-8-4-3-5-9-18/h3-11,19H,12-17H2,1-2H3. The molecule has 1 fully saturated rings. The Bertz CT molecular complexity index is 797. The molecule has 0 saturated carbocycles. The van der Waals surface area contributed by atoms with Crippen LogP contribution in [0.25, 0.3) is 0 Å². The summed E-state index contributed by atoms with van der Waals surface area (Å²) in [7, 11) is 3.56. The summed E-state index contributed by atoms with van der Waals surface area (Å²) in [4.78, 5) is 28.1. The van der Waals surface area contributed by atoms with E-state index in [1.165, 1.54) is 5.56 Å². The van der Waals surface area contributed by atoms with Crippen molar-refractivity contribution >= 4 is 11.8 Å². The molecule has 3 rings (SSSR count). The first kappa shape index (κ1) is 19.9. The zero-order chi connectivity index (χ0) is 19.9. The van der Waals surface area contributed by atoms with Gasteiger partial charge in [-0.05, 0) is 30.0 Å². The molecule has 0 unspecified atom stereocenters. The Morgan fingerprint density at radius 3 is 2.32 bits per heavy atom. The fraction of sp³-hybridized carbons (Fsp3) is 0.391. The molecule has 0 spiro atoms. The monoisotopic (exact) mass is 380 g/mol. The quantitative estimate of drug-likeness (QED) is 0.774. The number of likely N-dealkylation sites (tertiary alicyclic amines) is 1. The number of rotatable bonds is 6. The van der Waals surface area contributed by atoms with Crippen molar-refractivity contribution in [1.82, 2.24) is 9.80 Å². The highest BCUT2D eigenvalue weighted by molar-refractivity contribution is 5.80. The smallest absolute Gasteiger partial charge is 0.260 e. The molecule has 1 aliphatic rings. The van der Waals surface area contributed by atoms with Crippen LogP contribution in [0.3, 0.4) is 0 Å². The van der Waals surface area contributed by atoms with Crippen LogP contribution in [-0.2, 0) is 16.0 Å².